The van der Waals surface area contributed by atoms with Gasteiger partial charge >= 0.3 is 0 Å². The molecule has 1 N–H and O–H groups in total. The second-order valence-electron chi connectivity index (χ2n) is 6.53. The Morgan fingerprint density at radius 2 is 1.96 bits per heavy atom. The average molecular weight is 397 g/mol. The summed E-state index contributed by atoms with van der Waals surface area (Å²) in [7, 11) is 0. The number of carbonyl (C=O) groups excluding carboxylic acids is 1. The van der Waals surface area contributed by atoms with Crippen molar-refractivity contribution in [1.82, 2.24) is 20.0 Å². The lowest BCUT2D eigenvalue weighted by molar-refractivity contribution is 0.0642. The minimum Gasteiger partial charge on any atom is -0.335 e. The van der Waals surface area contributed by atoms with E-state index in [0.717, 1.165) is 50.3 Å². The molecule has 3 rings (SSSR count). The van der Waals surface area contributed by atoms with Crippen molar-refractivity contribution in [2.24, 2.45) is 0 Å². The van der Waals surface area contributed by atoms with Crippen molar-refractivity contribution in [3.05, 3.63) is 46.7 Å². The minimum atomic E-state index is 0. The third-order valence-electron chi connectivity index (χ3n) is 4.70. The molecule has 1 fully saturated rings. The summed E-state index contributed by atoms with van der Waals surface area (Å²) < 4.78 is 1.76. The Kier molecular flexibility index (Phi) is 7.50. The van der Waals surface area contributed by atoms with Gasteiger partial charge in [0.25, 0.3) is 5.91 Å². The number of hydrogen-bond acceptors (Lipinski definition) is 3. The van der Waals surface area contributed by atoms with Gasteiger partial charge in [-0.2, -0.15) is 5.10 Å². The van der Waals surface area contributed by atoms with Gasteiger partial charge in [-0.3, -0.25) is 4.79 Å². The number of halogens is 2. The van der Waals surface area contributed by atoms with Gasteiger partial charge in [-0.15, -0.1) is 12.4 Å². The number of benzene rings is 1. The third kappa shape index (κ3) is 4.58. The number of carbonyl (C=O) groups is 1. The second-order valence-corrected chi connectivity index (χ2v) is 6.97. The van der Waals surface area contributed by atoms with Crippen molar-refractivity contribution < 1.29 is 4.79 Å². The molecule has 1 aromatic carbocycles. The maximum absolute atomic E-state index is 13.2. The Morgan fingerprint density at radius 1 is 1.31 bits per heavy atom. The van der Waals surface area contributed by atoms with Crippen LogP contribution in [-0.4, -0.2) is 46.3 Å². The Hall–Kier alpha value is -1.56. The van der Waals surface area contributed by atoms with Crippen molar-refractivity contribution in [2.45, 2.75) is 39.2 Å². The predicted molar refractivity (Wildman–Crippen MR) is 108 cm³/mol. The first-order chi connectivity index (χ1) is 12.1. The lowest BCUT2D eigenvalue weighted by Gasteiger charge is -2.34. The maximum Gasteiger partial charge on any atom is 0.257 e. The zero-order valence-corrected chi connectivity index (χ0v) is 16.8. The van der Waals surface area contributed by atoms with E-state index in [0.29, 0.717) is 16.6 Å². The van der Waals surface area contributed by atoms with E-state index in [1.54, 1.807) is 4.68 Å². The molecule has 7 heteroatoms. The van der Waals surface area contributed by atoms with Crippen LogP contribution in [0.25, 0.3) is 5.69 Å². The van der Waals surface area contributed by atoms with E-state index in [-0.39, 0.29) is 18.3 Å². The van der Waals surface area contributed by atoms with E-state index in [9.17, 15) is 4.79 Å². The molecule has 1 aromatic heterocycles. The molecule has 0 bridgehead atoms. The quantitative estimate of drug-likeness (QED) is 0.834. The fraction of sp³-hybridized carbons (Fsp3) is 0.474. The van der Waals surface area contributed by atoms with E-state index < -0.39 is 0 Å². The highest BCUT2D eigenvalue weighted by Crippen LogP contribution is 2.20. The number of nitrogens with one attached hydrogen (secondary N) is 1. The zero-order chi connectivity index (χ0) is 17.8. The smallest absolute Gasteiger partial charge is 0.257 e. The van der Waals surface area contributed by atoms with Gasteiger partial charge in [0.1, 0.15) is 0 Å². The van der Waals surface area contributed by atoms with Gasteiger partial charge in [-0.1, -0.05) is 18.5 Å². The van der Waals surface area contributed by atoms with Crippen LogP contribution in [0.15, 0.2) is 30.5 Å². The Bertz CT molecular complexity index is 724. The molecule has 1 aliphatic rings. The molecule has 1 aliphatic heterocycles. The number of rotatable bonds is 5. The molecule has 0 unspecified atom stereocenters. The van der Waals surface area contributed by atoms with E-state index in [1.807, 2.05) is 42.3 Å². The summed E-state index contributed by atoms with van der Waals surface area (Å²) in [6.07, 6.45) is 4.82. The van der Waals surface area contributed by atoms with Crippen molar-refractivity contribution in [1.29, 1.82) is 0 Å². The minimum absolute atomic E-state index is 0. The number of aromatic nitrogens is 2. The van der Waals surface area contributed by atoms with Crippen LogP contribution in [0.4, 0.5) is 0 Å². The molecule has 1 amide bonds. The van der Waals surface area contributed by atoms with Crippen molar-refractivity contribution in [3.63, 3.8) is 0 Å². The SMILES string of the molecule is CCCN(C(=O)c1cn(-c2ccc(Cl)cc2)nc1C)C1CCNCC1.Cl. The number of piperidine rings is 1. The molecule has 0 spiro atoms. The van der Waals surface area contributed by atoms with Crippen LogP contribution in [0.1, 0.15) is 42.2 Å². The Morgan fingerprint density at radius 3 is 2.58 bits per heavy atom. The molecule has 1 saturated heterocycles. The molecule has 2 heterocycles. The predicted octanol–water partition coefficient (Wildman–Crippen LogP) is 3.86. The van der Waals surface area contributed by atoms with Gasteiger partial charge < -0.3 is 10.2 Å². The highest BCUT2D eigenvalue weighted by Gasteiger charge is 2.27. The molecule has 5 nitrogen and oxygen atoms in total. The average Bonchev–Trinajstić information content (AvgIpc) is 3.02. The molecule has 26 heavy (non-hydrogen) atoms. The van der Waals surface area contributed by atoms with E-state index in [2.05, 4.69) is 17.3 Å². The lowest BCUT2D eigenvalue weighted by Crippen LogP contribution is -2.46. The molecule has 0 aliphatic carbocycles. The monoisotopic (exact) mass is 396 g/mol. The summed E-state index contributed by atoms with van der Waals surface area (Å²) in [6.45, 7) is 6.75. The van der Waals surface area contributed by atoms with Crippen LogP contribution in [-0.2, 0) is 0 Å². The summed E-state index contributed by atoms with van der Waals surface area (Å²) in [5.41, 5.74) is 2.34. The van der Waals surface area contributed by atoms with Crippen LogP contribution < -0.4 is 5.32 Å². The standard InChI is InChI=1S/C19H25ClN4O.ClH/c1-3-12-23(16-8-10-21-11-9-16)19(25)18-13-24(22-14(18)2)17-6-4-15(20)5-7-17;/h4-7,13,16,21H,3,8-12H2,1-2H3;1H. The Labute approximate surface area is 166 Å². The highest BCUT2D eigenvalue weighted by molar-refractivity contribution is 6.30. The first-order valence-corrected chi connectivity index (χ1v) is 9.32. The third-order valence-corrected chi connectivity index (χ3v) is 4.95. The molecule has 2 aromatic rings. The summed E-state index contributed by atoms with van der Waals surface area (Å²) in [4.78, 5) is 15.2. The summed E-state index contributed by atoms with van der Waals surface area (Å²) in [6, 6.07) is 7.77. The largest absolute Gasteiger partial charge is 0.335 e. The summed E-state index contributed by atoms with van der Waals surface area (Å²) in [5.74, 6) is 0.0893. The van der Waals surface area contributed by atoms with Gasteiger partial charge in [0.05, 0.1) is 16.9 Å². The topological polar surface area (TPSA) is 50.2 Å². The number of nitrogens with zero attached hydrogens (tertiary/aromatic N) is 3. The van der Waals surface area contributed by atoms with Crippen molar-refractivity contribution in [2.75, 3.05) is 19.6 Å². The fourth-order valence-electron chi connectivity index (χ4n) is 3.36. The van der Waals surface area contributed by atoms with Gasteiger partial charge in [0.2, 0.25) is 0 Å². The normalized spacial score (nSPS) is 14.7. The fourth-order valence-corrected chi connectivity index (χ4v) is 3.49. The number of aryl methyl sites for hydroxylation is 1. The van der Waals surface area contributed by atoms with E-state index >= 15 is 0 Å². The van der Waals surface area contributed by atoms with Crippen LogP contribution >= 0.6 is 24.0 Å². The highest BCUT2D eigenvalue weighted by atomic mass is 35.5. The van der Waals surface area contributed by atoms with Crippen molar-refractivity contribution >= 4 is 29.9 Å². The zero-order valence-electron chi connectivity index (χ0n) is 15.2. The number of amides is 1. The molecule has 0 saturated carbocycles. The van der Waals surface area contributed by atoms with Gasteiger partial charge in [0, 0.05) is 23.8 Å². The molecular weight excluding hydrogens is 371 g/mol. The molecule has 0 atom stereocenters. The van der Waals surface area contributed by atoms with Crippen LogP contribution in [0.2, 0.25) is 5.02 Å². The van der Waals surface area contributed by atoms with Gasteiger partial charge in [-0.25, -0.2) is 4.68 Å². The Balaban J connectivity index is 0.00000243. The van der Waals surface area contributed by atoms with Crippen LogP contribution in [0.5, 0.6) is 0 Å². The first kappa shape index (κ1) is 20.7. The summed E-state index contributed by atoms with van der Waals surface area (Å²) in [5, 5.41) is 8.58. The lowest BCUT2D eigenvalue weighted by atomic mass is 10.0. The molecular formula is C19H26Cl2N4O. The van der Waals surface area contributed by atoms with Gasteiger partial charge in [0.15, 0.2) is 0 Å². The molecule has 0 radical (unpaired) electrons. The molecule has 142 valence electrons. The first-order valence-electron chi connectivity index (χ1n) is 8.94. The second kappa shape index (κ2) is 9.40. The van der Waals surface area contributed by atoms with Crippen molar-refractivity contribution in [3.8, 4) is 5.69 Å². The maximum atomic E-state index is 13.2. The van der Waals surface area contributed by atoms with E-state index in [1.165, 1.54) is 0 Å². The van der Waals surface area contributed by atoms with E-state index in [4.69, 9.17) is 11.6 Å². The van der Waals surface area contributed by atoms with Crippen LogP contribution in [0.3, 0.4) is 0 Å². The van der Waals surface area contributed by atoms with Crippen LogP contribution in [0, 0.1) is 6.92 Å². The summed E-state index contributed by atoms with van der Waals surface area (Å²) >= 11 is 5.95. The number of hydrogen-bond donors (Lipinski definition) is 1. The van der Waals surface area contributed by atoms with Gasteiger partial charge in [-0.05, 0) is 63.5 Å².